The Hall–Kier alpha value is -1.90. The molecular weight excluding hydrogens is 360 g/mol. The van der Waals surface area contributed by atoms with Crippen molar-refractivity contribution in [1.29, 1.82) is 0 Å². The first-order valence-corrected chi connectivity index (χ1v) is 9.33. The second kappa shape index (κ2) is 7.77. The van der Waals surface area contributed by atoms with E-state index in [0.29, 0.717) is 31.5 Å². The normalized spacial score (nSPS) is 20.6. The van der Waals surface area contributed by atoms with Gasteiger partial charge in [-0.15, -0.1) is 11.3 Å². The van der Waals surface area contributed by atoms with Gasteiger partial charge in [-0.05, 0) is 37.5 Å². The number of benzene rings is 1. The van der Waals surface area contributed by atoms with Gasteiger partial charge in [-0.1, -0.05) is 6.07 Å². The lowest BCUT2D eigenvalue weighted by Crippen LogP contribution is -2.57. The lowest BCUT2D eigenvalue weighted by Gasteiger charge is -2.38. The molecule has 1 aliphatic rings. The van der Waals surface area contributed by atoms with Gasteiger partial charge in [-0.2, -0.15) is 0 Å². The van der Waals surface area contributed by atoms with Gasteiger partial charge in [0.2, 0.25) is 0 Å². The van der Waals surface area contributed by atoms with Crippen LogP contribution in [0.5, 0.6) is 0 Å². The van der Waals surface area contributed by atoms with Crippen molar-refractivity contribution in [3.63, 3.8) is 0 Å². The number of nitrogens with one attached hydrogen (secondary N) is 1. The SMILES string of the molecule is Cc1nc(CNC[C@@]2(O)CCCN(Cc3ccc(F)c(F)c3)C2=O)cs1. The van der Waals surface area contributed by atoms with E-state index in [1.54, 1.807) is 11.3 Å². The summed E-state index contributed by atoms with van der Waals surface area (Å²) in [7, 11) is 0. The first-order chi connectivity index (χ1) is 12.4. The summed E-state index contributed by atoms with van der Waals surface area (Å²) < 4.78 is 26.4. The van der Waals surface area contributed by atoms with E-state index in [1.165, 1.54) is 11.0 Å². The minimum absolute atomic E-state index is 0.122. The van der Waals surface area contributed by atoms with Crippen LogP contribution in [-0.4, -0.2) is 39.6 Å². The monoisotopic (exact) mass is 381 g/mol. The van der Waals surface area contributed by atoms with Crippen molar-refractivity contribution in [3.8, 4) is 0 Å². The van der Waals surface area contributed by atoms with Crippen LogP contribution >= 0.6 is 11.3 Å². The molecule has 8 heteroatoms. The molecule has 0 radical (unpaired) electrons. The number of thiazole rings is 1. The molecule has 2 heterocycles. The van der Waals surface area contributed by atoms with Crippen molar-refractivity contribution in [2.75, 3.05) is 13.1 Å². The number of amides is 1. The number of likely N-dealkylation sites (tertiary alicyclic amines) is 1. The van der Waals surface area contributed by atoms with Crippen molar-refractivity contribution < 1.29 is 18.7 Å². The van der Waals surface area contributed by atoms with Gasteiger partial charge in [0.05, 0.1) is 10.7 Å². The summed E-state index contributed by atoms with van der Waals surface area (Å²) in [5, 5.41) is 16.8. The summed E-state index contributed by atoms with van der Waals surface area (Å²) in [5.74, 6) is -2.26. The van der Waals surface area contributed by atoms with E-state index >= 15 is 0 Å². The molecule has 1 fully saturated rings. The van der Waals surface area contributed by atoms with E-state index in [1.807, 2.05) is 12.3 Å². The smallest absolute Gasteiger partial charge is 0.256 e. The molecule has 0 saturated carbocycles. The number of aliphatic hydroxyl groups is 1. The Labute approximate surface area is 154 Å². The molecular formula is C18H21F2N3O2S. The minimum Gasteiger partial charge on any atom is -0.379 e. The van der Waals surface area contributed by atoms with Crippen molar-refractivity contribution >= 4 is 17.2 Å². The first-order valence-electron chi connectivity index (χ1n) is 8.45. The van der Waals surface area contributed by atoms with E-state index in [-0.39, 0.29) is 13.1 Å². The predicted molar refractivity (Wildman–Crippen MR) is 94.5 cm³/mol. The second-order valence-corrected chi connectivity index (χ2v) is 7.63. The van der Waals surface area contributed by atoms with E-state index in [2.05, 4.69) is 10.3 Å². The number of halogens is 2. The molecule has 0 unspecified atom stereocenters. The zero-order chi connectivity index (χ0) is 18.7. The Balaban J connectivity index is 1.61. The van der Waals surface area contributed by atoms with Gasteiger partial charge < -0.3 is 15.3 Å². The van der Waals surface area contributed by atoms with Gasteiger partial charge in [0, 0.05) is 31.6 Å². The maximum absolute atomic E-state index is 13.4. The number of aryl methyl sites for hydroxylation is 1. The van der Waals surface area contributed by atoms with Gasteiger partial charge in [0.1, 0.15) is 0 Å². The lowest BCUT2D eigenvalue weighted by atomic mass is 9.91. The molecule has 2 aromatic rings. The maximum Gasteiger partial charge on any atom is 0.256 e. The van der Waals surface area contributed by atoms with Crippen LogP contribution in [0.25, 0.3) is 0 Å². The van der Waals surface area contributed by atoms with E-state index < -0.39 is 23.1 Å². The molecule has 1 aromatic carbocycles. The highest BCUT2D eigenvalue weighted by molar-refractivity contribution is 7.09. The van der Waals surface area contributed by atoms with Crippen molar-refractivity contribution in [3.05, 3.63) is 51.5 Å². The fourth-order valence-corrected chi connectivity index (χ4v) is 3.74. The highest BCUT2D eigenvalue weighted by Gasteiger charge is 2.41. The number of nitrogens with zero attached hydrogens (tertiary/aromatic N) is 2. The van der Waals surface area contributed by atoms with Crippen LogP contribution in [0.15, 0.2) is 23.6 Å². The minimum atomic E-state index is -1.50. The molecule has 1 atom stereocenters. The Morgan fingerprint density at radius 3 is 2.88 bits per heavy atom. The molecule has 5 nitrogen and oxygen atoms in total. The quantitative estimate of drug-likeness (QED) is 0.806. The van der Waals surface area contributed by atoms with Crippen molar-refractivity contribution in [1.82, 2.24) is 15.2 Å². The first kappa shape index (κ1) is 18.9. The molecule has 1 aliphatic heterocycles. The molecule has 26 heavy (non-hydrogen) atoms. The number of hydrogen-bond donors (Lipinski definition) is 2. The van der Waals surface area contributed by atoms with Crippen LogP contribution in [0.1, 0.15) is 29.1 Å². The van der Waals surface area contributed by atoms with Gasteiger partial charge in [0.15, 0.2) is 17.2 Å². The Morgan fingerprint density at radius 1 is 1.38 bits per heavy atom. The topological polar surface area (TPSA) is 65.5 Å². The van der Waals surface area contributed by atoms with Crippen LogP contribution in [0.3, 0.4) is 0 Å². The number of carbonyl (C=O) groups is 1. The van der Waals surface area contributed by atoms with Crippen LogP contribution in [0.4, 0.5) is 8.78 Å². The van der Waals surface area contributed by atoms with Crippen LogP contribution in [0, 0.1) is 18.6 Å². The largest absolute Gasteiger partial charge is 0.379 e. The maximum atomic E-state index is 13.4. The third-order valence-corrected chi connectivity index (χ3v) is 5.27. The lowest BCUT2D eigenvalue weighted by molar-refractivity contribution is -0.157. The zero-order valence-electron chi connectivity index (χ0n) is 14.5. The molecule has 1 aromatic heterocycles. The average Bonchev–Trinajstić information content (AvgIpc) is 3.01. The molecule has 0 aliphatic carbocycles. The second-order valence-electron chi connectivity index (χ2n) is 6.57. The summed E-state index contributed by atoms with van der Waals surface area (Å²) in [6, 6.07) is 3.57. The highest BCUT2D eigenvalue weighted by atomic mass is 32.1. The van der Waals surface area contributed by atoms with Gasteiger partial charge in [-0.25, -0.2) is 13.8 Å². The summed E-state index contributed by atoms with van der Waals surface area (Å²) in [6.07, 6.45) is 1.01. The van der Waals surface area contributed by atoms with E-state index in [9.17, 15) is 18.7 Å². The zero-order valence-corrected chi connectivity index (χ0v) is 15.3. The molecule has 0 spiro atoms. The fraction of sp³-hybridized carbons (Fsp3) is 0.444. The number of hydrogen-bond acceptors (Lipinski definition) is 5. The van der Waals surface area contributed by atoms with Crippen LogP contribution in [0.2, 0.25) is 0 Å². The third kappa shape index (κ3) is 4.25. The van der Waals surface area contributed by atoms with Crippen LogP contribution in [-0.2, 0) is 17.9 Å². The molecule has 140 valence electrons. The number of aromatic nitrogens is 1. The van der Waals surface area contributed by atoms with Crippen molar-refractivity contribution in [2.24, 2.45) is 0 Å². The van der Waals surface area contributed by atoms with E-state index in [4.69, 9.17) is 0 Å². The number of piperidine rings is 1. The Bertz CT molecular complexity index is 798. The summed E-state index contributed by atoms with van der Waals surface area (Å²) >= 11 is 1.55. The number of carbonyl (C=O) groups excluding carboxylic acids is 1. The summed E-state index contributed by atoms with van der Waals surface area (Å²) in [6.45, 7) is 3.14. The third-order valence-electron chi connectivity index (χ3n) is 4.45. The van der Waals surface area contributed by atoms with Crippen molar-refractivity contribution in [2.45, 2.75) is 38.5 Å². The highest BCUT2D eigenvalue weighted by Crippen LogP contribution is 2.24. The van der Waals surface area contributed by atoms with E-state index in [0.717, 1.165) is 22.8 Å². The summed E-state index contributed by atoms with van der Waals surface area (Å²) in [5.41, 5.74) is -0.132. The predicted octanol–water partition coefficient (Wildman–Crippen LogP) is 2.37. The van der Waals surface area contributed by atoms with Gasteiger partial charge in [-0.3, -0.25) is 4.79 Å². The summed E-state index contributed by atoms with van der Waals surface area (Å²) in [4.78, 5) is 18.5. The molecule has 3 rings (SSSR count). The molecule has 2 N–H and O–H groups in total. The Morgan fingerprint density at radius 2 is 2.19 bits per heavy atom. The standard InChI is InChI=1S/C18H21F2N3O2S/c1-12-22-14(10-26-12)8-21-11-18(25)5-2-6-23(17(18)24)9-13-3-4-15(19)16(20)7-13/h3-4,7,10,21,25H,2,5-6,8-9,11H2,1H3/t18-/m0/s1. The number of rotatable bonds is 6. The van der Waals surface area contributed by atoms with Crippen LogP contribution < -0.4 is 5.32 Å². The molecule has 0 bridgehead atoms. The Kier molecular flexibility index (Phi) is 5.64. The van der Waals surface area contributed by atoms with Gasteiger partial charge in [0.25, 0.3) is 5.91 Å². The average molecular weight is 381 g/mol. The van der Waals surface area contributed by atoms with Gasteiger partial charge >= 0.3 is 0 Å². The fourth-order valence-electron chi connectivity index (χ4n) is 3.13. The molecule has 1 amide bonds. The molecule has 1 saturated heterocycles.